The van der Waals surface area contributed by atoms with Crippen LogP contribution in [0.1, 0.15) is 50.1 Å². The molecule has 0 fully saturated rings. The van der Waals surface area contributed by atoms with Gasteiger partial charge >= 0.3 is 12.3 Å². The van der Waals surface area contributed by atoms with E-state index in [4.69, 9.17) is 0 Å². The third-order valence-electron chi connectivity index (χ3n) is 6.05. The van der Waals surface area contributed by atoms with Gasteiger partial charge in [0.1, 0.15) is 5.69 Å². The van der Waals surface area contributed by atoms with Crippen LogP contribution in [-0.2, 0) is 12.6 Å². The van der Waals surface area contributed by atoms with Crippen LogP contribution in [0.2, 0.25) is 0 Å². The molecule has 0 saturated heterocycles. The van der Waals surface area contributed by atoms with Gasteiger partial charge in [-0.25, -0.2) is 9.48 Å². The number of aromatic nitrogens is 6. The van der Waals surface area contributed by atoms with E-state index in [9.17, 15) is 23.1 Å². The summed E-state index contributed by atoms with van der Waals surface area (Å²) < 4.78 is 40.2. The van der Waals surface area contributed by atoms with Gasteiger partial charge in [-0.3, -0.25) is 10.1 Å². The number of nitrogens with zero attached hydrogens (tertiary/aromatic N) is 5. The molecule has 3 aromatic heterocycles. The molecule has 36 heavy (non-hydrogen) atoms. The van der Waals surface area contributed by atoms with Crippen LogP contribution in [0.25, 0.3) is 16.6 Å². The molecule has 1 aromatic carbocycles. The molecule has 4 rings (SSSR count). The average Bonchev–Trinajstić information content (AvgIpc) is 3.45. The number of benzene rings is 1. The van der Waals surface area contributed by atoms with Gasteiger partial charge < -0.3 is 10.4 Å². The molecular formula is C24H26F3N7O2. The molecule has 0 saturated carbocycles. The summed E-state index contributed by atoms with van der Waals surface area (Å²) in [5.74, 6) is -0.205. The quantitative estimate of drug-likeness (QED) is 0.329. The molecule has 0 aliphatic rings. The normalized spacial score (nSPS) is 14.1. The van der Waals surface area contributed by atoms with Gasteiger partial charge in [-0.05, 0) is 48.1 Å². The highest BCUT2D eigenvalue weighted by molar-refractivity contribution is 5.80. The number of pyridine rings is 1. The predicted molar refractivity (Wildman–Crippen MR) is 126 cm³/mol. The molecule has 2 atom stereocenters. The number of hydrogen-bond acceptors (Lipinski definition) is 5. The SMILES string of the molecule is CC(C)(C)[C@@H](CC(Cc1ccc(C(F)(F)F)nc1)NC(=O)O)c1cn(-c2ccc3[nH]ncc3c2)nn1. The Labute approximate surface area is 204 Å². The van der Waals surface area contributed by atoms with Crippen molar-refractivity contribution >= 4 is 17.0 Å². The molecule has 4 aromatic rings. The van der Waals surface area contributed by atoms with Gasteiger partial charge in [0.2, 0.25) is 0 Å². The van der Waals surface area contributed by atoms with E-state index in [1.807, 2.05) is 45.2 Å². The van der Waals surface area contributed by atoms with E-state index in [0.29, 0.717) is 17.7 Å². The highest BCUT2D eigenvalue weighted by Crippen LogP contribution is 2.38. The maximum atomic E-state index is 12.9. The van der Waals surface area contributed by atoms with Crippen molar-refractivity contribution in [3.05, 3.63) is 65.9 Å². The fourth-order valence-corrected chi connectivity index (χ4v) is 4.20. The van der Waals surface area contributed by atoms with Crippen LogP contribution >= 0.6 is 0 Å². The number of carboxylic acid groups (broad SMARTS) is 1. The van der Waals surface area contributed by atoms with Gasteiger partial charge in [-0.1, -0.05) is 32.1 Å². The van der Waals surface area contributed by atoms with Crippen LogP contribution in [0.4, 0.5) is 18.0 Å². The molecule has 3 N–H and O–H groups in total. The van der Waals surface area contributed by atoms with Crippen molar-refractivity contribution in [1.29, 1.82) is 0 Å². The largest absolute Gasteiger partial charge is 0.465 e. The number of fused-ring (bicyclic) bond motifs is 1. The third-order valence-corrected chi connectivity index (χ3v) is 6.05. The van der Waals surface area contributed by atoms with E-state index in [0.717, 1.165) is 28.9 Å². The maximum absolute atomic E-state index is 12.9. The minimum Gasteiger partial charge on any atom is -0.465 e. The fraction of sp³-hybridized carbons (Fsp3) is 0.375. The van der Waals surface area contributed by atoms with Gasteiger partial charge in [0.15, 0.2) is 0 Å². The van der Waals surface area contributed by atoms with Crippen molar-refractivity contribution in [1.82, 2.24) is 35.5 Å². The lowest BCUT2D eigenvalue weighted by Gasteiger charge is -2.32. The minimum atomic E-state index is -4.54. The molecule has 0 aliphatic carbocycles. The molecule has 1 amide bonds. The Hall–Kier alpha value is -3.96. The first kappa shape index (κ1) is 25.1. The molecule has 0 bridgehead atoms. The number of halogens is 3. The highest BCUT2D eigenvalue weighted by Gasteiger charge is 2.34. The average molecular weight is 502 g/mol. The topological polar surface area (TPSA) is 122 Å². The predicted octanol–water partition coefficient (Wildman–Crippen LogP) is 4.96. The van der Waals surface area contributed by atoms with E-state index in [1.54, 1.807) is 10.9 Å². The summed E-state index contributed by atoms with van der Waals surface area (Å²) >= 11 is 0. The number of H-pyrrole nitrogens is 1. The molecule has 12 heteroatoms. The number of aromatic amines is 1. The first-order valence-electron chi connectivity index (χ1n) is 11.3. The maximum Gasteiger partial charge on any atom is 0.433 e. The summed E-state index contributed by atoms with van der Waals surface area (Å²) in [5.41, 5.74) is 1.56. The van der Waals surface area contributed by atoms with Crippen molar-refractivity contribution < 1.29 is 23.1 Å². The standard InChI is InChI=1S/C24H26F3N7O2/c1-23(2,3)18(20-13-34(33-32-20)17-5-6-19-15(9-17)12-29-31-19)10-16(30-22(35)36)8-14-4-7-21(28-11-14)24(25,26)27/h4-7,9,11-13,16,18,30H,8,10H2,1-3H3,(H,29,31)(H,35,36)/t16?,18-/m0/s1. The van der Waals surface area contributed by atoms with Crippen molar-refractivity contribution in [3.8, 4) is 5.69 Å². The second-order valence-electron chi connectivity index (χ2n) is 9.78. The molecule has 1 unspecified atom stereocenters. The second kappa shape index (κ2) is 9.59. The lowest BCUT2D eigenvalue weighted by atomic mass is 9.75. The molecule has 190 valence electrons. The first-order valence-corrected chi connectivity index (χ1v) is 11.3. The van der Waals surface area contributed by atoms with Gasteiger partial charge in [-0.2, -0.15) is 18.3 Å². The Balaban J connectivity index is 1.58. The van der Waals surface area contributed by atoms with Crippen molar-refractivity contribution in [2.75, 3.05) is 0 Å². The second-order valence-corrected chi connectivity index (χ2v) is 9.78. The van der Waals surface area contributed by atoms with Crippen LogP contribution in [0, 0.1) is 5.41 Å². The summed E-state index contributed by atoms with van der Waals surface area (Å²) in [6.07, 6.45) is -0.562. The molecule has 3 heterocycles. The minimum absolute atomic E-state index is 0.176. The number of amides is 1. The highest BCUT2D eigenvalue weighted by atomic mass is 19.4. The van der Waals surface area contributed by atoms with E-state index in [-0.39, 0.29) is 17.8 Å². The molecule has 0 radical (unpaired) electrons. The lowest BCUT2D eigenvalue weighted by molar-refractivity contribution is -0.141. The number of alkyl halides is 3. The zero-order valence-corrected chi connectivity index (χ0v) is 19.9. The molecule has 0 aliphatic heterocycles. The first-order chi connectivity index (χ1) is 16.9. The Morgan fingerprint density at radius 2 is 1.94 bits per heavy atom. The molecular weight excluding hydrogens is 475 g/mol. The van der Waals surface area contributed by atoms with Crippen molar-refractivity contribution in [3.63, 3.8) is 0 Å². The van der Waals surface area contributed by atoms with E-state index in [1.165, 1.54) is 6.07 Å². The van der Waals surface area contributed by atoms with Crippen molar-refractivity contribution in [2.45, 2.75) is 51.7 Å². The Kier molecular flexibility index (Phi) is 6.70. The monoisotopic (exact) mass is 501 g/mol. The number of nitrogens with one attached hydrogen (secondary N) is 2. The van der Waals surface area contributed by atoms with E-state index in [2.05, 4.69) is 30.8 Å². The van der Waals surface area contributed by atoms with Crippen LogP contribution in [-0.4, -0.2) is 47.4 Å². The zero-order valence-electron chi connectivity index (χ0n) is 19.9. The summed E-state index contributed by atoms with van der Waals surface area (Å²) in [5, 5.41) is 28.4. The smallest absolute Gasteiger partial charge is 0.433 e. The lowest BCUT2D eigenvalue weighted by Crippen LogP contribution is -2.38. The van der Waals surface area contributed by atoms with Gasteiger partial charge in [0, 0.05) is 23.5 Å². The molecule has 9 nitrogen and oxygen atoms in total. The van der Waals surface area contributed by atoms with Crippen molar-refractivity contribution in [2.24, 2.45) is 5.41 Å². The van der Waals surface area contributed by atoms with Gasteiger partial charge in [-0.15, -0.1) is 5.10 Å². The van der Waals surface area contributed by atoms with Crippen LogP contribution in [0.15, 0.2) is 48.9 Å². The zero-order chi connectivity index (χ0) is 26.1. The van der Waals surface area contributed by atoms with E-state index < -0.39 is 24.0 Å². The van der Waals surface area contributed by atoms with Gasteiger partial charge in [0.25, 0.3) is 0 Å². The van der Waals surface area contributed by atoms with Gasteiger partial charge in [0.05, 0.1) is 29.3 Å². The summed E-state index contributed by atoms with van der Waals surface area (Å²) in [6.45, 7) is 6.06. The fourth-order valence-electron chi connectivity index (χ4n) is 4.20. The number of rotatable bonds is 7. The molecule has 0 spiro atoms. The number of hydrogen-bond donors (Lipinski definition) is 3. The summed E-state index contributed by atoms with van der Waals surface area (Å²) in [7, 11) is 0. The van der Waals surface area contributed by atoms with Crippen LogP contribution in [0.3, 0.4) is 0 Å². The van der Waals surface area contributed by atoms with E-state index >= 15 is 0 Å². The van der Waals surface area contributed by atoms with Crippen LogP contribution in [0.5, 0.6) is 0 Å². The van der Waals surface area contributed by atoms with Crippen LogP contribution < -0.4 is 5.32 Å². The summed E-state index contributed by atoms with van der Waals surface area (Å²) in [4.78, 5) is 15.0. The Bertz CT molecular complexity index is 1340. The summed E-state index contributed by atoms with van der Waals surface area (Å²) in [6, 6.07) is 7.34. The Morgan fingerprint density at radius 3 is 2.58 bits per heavy atom. The third kappa shape index (κ3) is 5.81. The number of carbonyl (C=O) groups is 1. The Morgan fingerprint density at radius 1 is 1.17 bits per heavy atom.